The third-order valence-corrected chi connectivity index (χ3v) is 5.56. The highest BCUT2D eigenvalue weighted by Gasteiger charge is 2.20. The zero-order chi connectivity index (χ0) is 27.4. The Labute approximate surface area is 219 Å². The first-order valence-electron chi connectivity index (χ1n) is 12.2. The molecule has 0 aliphatic carbocycles. The molecule has 11 heteroatoms. The Bertz CT molecular complexity index is 1440. The van der Waals surface area contributed by atoms with Crippen molar-refractivity contribution in [1.82, 2.24) is 25.1 Å². The molecular formula is C27H30F2N6O3. The summed E-state index contributed by atoms with van der Waals surface area (Å²) in [5.41, 5.74) is 7.19. The predicted octanol–water partition coefficient (Wildman–Crippen LogP) is 4.87. The number of carbonyl (C=O) groups is 1. The predicted molar refractivity (Wildman–Crippen MR) is 140 cm³/mol. The van der Waals surface area contributed by atoms with Gasteiger partial charge in [0.1, 0.15) is 34.5 Å². The van der Waals surface area contributed by atoms with Crippen LogP contribution in [-0.4, -0.2) is 44.6 Å². The number of rotatable bonds is 8. The molecule has 2 aromatic heterocycles. The van der Waals surface area contributed by atoms with E-state index in [2.05, 4.69) is 20.4 Å². The van der Waals surface area contributed by atoms with Crippen molar-refractivity contribution in [2.45, 2.75) is 46.3 Å². The summed E-state index contributed by atoms with van der Waals surface area (Å²) in [6.45, 7) is 7.54. The molecule has 4 aromatic rings. The Morgan fingerprint density at radius 1 is 1.16 bits per heavy atom. The van der Waals surface area contributed by atoms with Crippen LogP contribution < -0.4 is 15.8 Å². The summed E-state index contributed by atoms with van der Waals surface area (Å²) in [7, 11) is 0. The fraction of sp³-hybridized carbons (Fsp3) is 0.333. The van der Waals surface area contributed by atoms with Gasteiger partial charge < -0.3 is 20.5 Å². The van der Waals surface area contributed by atoms with E-state index in [9.17, 15) is 13.6 Å². The van der Waals surface area contributed by atoms with E-state index in [-0.39, 0.29) is 29.5 Å². The number of para-hydroxylation sites is 1. The van der Waals surface area contributed by atoms with E-state index >= 15 is 0 Å². The fourth-order valence-corrected chi connectivity index (χ4v) is 3.88. The lowest BCUT2D eigenvalue weighted by Crippen LogP contribution is -2.33. The van der Waals surface area contributed by atoms with E-state index in [0.29, 0.717) is 41.7 Å². The molecule has 3 N–H and O–H groups in total. The van der Waals surface area contributed by atoms with Gasteiger partial charge >= 0.3 is 6.09 Å². The van der Waals surface area contributed by atoms with Crippen molar-refractivity contribution in [2.24, 2.45) is 0 Å². The van der Waals surface area contributed by atoms with Gasteiger partial charge in [0.2, 0.25) is 0 Å². The largest absolute Gasteiger partial charge is 0.494 e. The number of nitrogen functional groups attached to an aromatic ring is 1. The molecular weight excluding hydrogens is 494 g/mol. The molecule has 0 saturated heterocycles. The quantitative estimate of drug-likeness (QED) is 0.338. The second kappa shape index (κ2) is 11.0. The molecule has 2 aromatic carbocycles. The van der Waals surface area contributed by atoms with E-state index in [1.807, 2.05) is 18.2 Å². The number of benzene rings is 2. The highest BCUT2D eigenvalue weighted by molar-refractivity contribution is 5.91. The molecule has 0 atom stereocenters. The van der Waals surface area contributed by atoms with Gasteiger partial charge in [0.05, 0.1) is 18.7 Å². The Balaban J connectivity index is 1.57. The van der Waals surface area contributed by atoms with Gasteiger partial charge in [-0.3, -0.25) is 4.68 Å². The Hall–Kier alpha value is -4.28. The van der Waals surface area contributed by atoms with Crippen LogP contribution in [0.25, 0.3) is 22.4 Å². The van der Waals surface area contributed by atoms with Crippen LogP contribution in [0, 0.1) is 11.6 Å². The van der Waals surface area contributed by atoms with Crippen molar-refractivity contribution in [2.75, 3.05) is 18.9 Å². The number of ether oxygens (including phenoxy) is 2. The van der Waals surface area contributed by atoms with Gasteiger partial charge in [-0.25, -0.2) is 23.5 Å². The standard InChI is InChI=1S/C27H30F2N6O3/c1-5-37-17-12-20(28)19(21(29)13-17)15-35-22-9-7-6-8-18(22)23(34-35)25-32-14-16(24(30)33-25)10-11-31-26(36)38-27(2,3)4/h6-9,12-14H,5,10-11,15H2,1-4H3,(H,31,36)(H2,30,32,33). The Morgan fingerprint density at radius 3 is 2.53 bits per heavy atom. The number of amides is 1. The summed E-state index contributed by atoms with van der Waals surface area (Å²) in [6.07, 6.45) is 1.45. The number of aromatic nitrogens is 4. The minimum absolute atomic E-state index is 0.127. The van der Waals surface area contributed by atoms with Gasteiger partial charge in [-0.15, -0.1) is 0 Å². The van der Waals surface area contributed by atoms with Crippen molar-refractivity contribution in [3.8, 4) is 17.3 Å². The molecule has 0 saturated carbocycles. The molecule has 0 aliphatic heterocycles. The van der Waals surface area contributed by atoms with Crippen LogP contribution in [0.4, 0.5) is 19.4 Å². The molecule has 2 heterocycles. The molecule has 0 bridgehead atoms. The average Bonchev–Trinajstić information content (AvgIpc) is 3.20. The first kappa shape index (κ1) is 26.8. The number of nitrogens with zero attached hydrogens (tertiary/aromatic N) is 4. The summed E-state index contributed by atoms with van der Waals surface area (Å²) in [5.74, 6) is -0.807. The van der Waals surface area contributed by atoms with Crippen molar-refractivity contribution in [3.05, 3.63) is 65.4 Å². The van der Waals surface area contributed by atoms with Crippen LogP contribution in [0.1, 0.15) is 38.8 Å². The summed E-state index contributed by atoms with van der Waals surface area (Å²) >= 11 is 0. The number of hydrogen-bond donors (Lipinski definition) is 2. The maximum Gasteiger partial charge on any atom is 0.407 e. The molecule has 0 unspecified atom stereocenters. The number of fused-ring (bicyclic) bond motifs is 1. The van der Waals surface area contributed by atoms with Gasteiger partial charge in [0.25, 0.3) is 0 Å². The number of carbonyl (C=O) groups excluding carboxylic acids is 1. The molecule has 0 fully saturated rings. The minimum atomic E-state index is -0.723. The topological polar surface area (TPSA) is 117 Å². The molecule has 200 valence electrons. The van der Waals surface area contributed by atoms with Crippen LogP contribution in [0.5, 0.6) is 5.75 Å². The number of alkyl carbamates (subject to hydrolysis) is 1. The zero-order valence-corrected chi connectivity index (χ0v) is 21.7. The molecule has 38 heavy (non-hydrogen) atoms. The maximum absolute atomic E-state index is 14.7. The highest BCUT2D eigenvalue weighted by Crippen LogP contribution is 2.29. The first-order valence-corrected chi connectivity index (χ1v) is 12.2. The number of hydrogen-bond acceptors (Lipinski definition) is 7. The van der Waals surface area contributed by atoms with Crippen LogP contribution in [0.2, 0.25) is 0 Å². The number of nitrogens with two attached hydrogens (primary N) is 1. The molecule has 0 spiro atoms. The van der Waals surface area contributed by atoms with Gasteiger partial charge in [-0.1, -0.05) is 18.2 Å². The third kappa shape index (κ3) is 6.16. The molecule has 0 aliphatic rings. The summed E-state index contributed by atoms with van der Waals surface area (Å²) in [5, 5.41) is 7.96. The lowest BCUT2D eigenvalue weighted by molar-refractivity contribution is 0.0528. The second-order valence-corrected chi connectivity index (χ2v) is 9.60. The smallest absolute Gasteiger partial charge is 0.407 e. The number of nitrogens with one attached hydrogen (secondary N) is 1. The van der Waals surface area contributed by atoms with Gasteiger partial charge in [0.15, 0.2) is 5.82 Å². The minimum Gasteiger partial charge on any atom is -0.494 e. The van der Waals surface area contributed by atoms with Crippen LogP contribution >= 0.6 is 0 Å². The molecule has 1 amide bonds. The molecule has 0 radical (unpaired) electrons. The van der Waals surface area contributed by atoms with Gasteiger partial charge in [-0.2, -0.15) is 5.10 Å². The zero-order valence-electron chi connectivity index (χ0n) is 21.7. The van der Waals surface area contributed by atoms with E-state index in [4.69, 9.17) is 15.2 Å². The lowest BCUT2D eigenvalue weighted by Gasteiger charge is -2.19. The van der Waals surface area contributed by atoms with E-state index in [1.165, 1.54) is 4.68 Å². The SMILES string of the molecule is CCOc1cc(F)c(Cn2nc(-c3ncc(CCNC(=O)OC(C)(C)C)c(N)n3)c3ccccc32)c(F)c1. The van der Waals surface area contributed by atoms with E-state index in [1.54, 1.807) is 40.0 Å². The molecule has 9 nitrogen and oxygen atoms in total. The van der Waals surface area contributed by atoms with Crippen LogP contribution in [0.15, 0.2) is 42.6 Å². The van der Waals surface area contributed by atoms with Gasteiger partial charge in [-0.05, 0) is 40.2 Å². The van der Waals surface area contributed by atoms with Gasteiger partial charge in [0, 0.05) is 41.4 Å². The number of halogens is 2. The summed E-state index contributed by atoms with van der Waals surface area (Å²) < 4.78 is 41.4. The first-order chi connectivity index (χ1) is 18.1. The summed E-state index contributed by atoms with van der Waals surface area (Å²) in [6, 6.07) is 9.60. The maximum atomic E-state index is 14.7. The fourth-order valence-electron chi connectivity index (χ4n) is 3.88. The highest BCUT2D eigenvalue weighted by atomic mass is 19.1. The number of anilines is 1. The molecule has 4 rings (SSSR count). The van der Waals surface area contributed by atoms with Crippen LogP contribution in [-0.2, 0) is 17.7 Å². The van der Waals surface area contributed by atoms with Crippen molar-refractivity contribution in [1.29, 1.82) is 0 Å². The monoisotopic (exact) mass is 524 g/mol. The van der Waals surface area contributed by atoms with Crippen molar-refractivity contribution < 1.29 is 23.0 Å². The summed E-state index contributed by atoms with van der Waals surface area (Å²) in [4.78, 5) is 20.7. The lowest BCUT2D eigenvalue weighted by atomic mass is 10.1. The Kier molecular flexibility index (Phi) is 7.75. The van der Waals surface area contributed by atoms with Crippen LogP contribution in [0.3, 0.4) is 0 Å². The second-order valence-electron chi connectivity index (χ2n) is 9.60. The Morgan fingerprint density at radius 2 is 1.87 bits per heavy atom. The van der Waals surface area contributed by atoms with Crippen molar-refractivity contribution in [3.63, 3.8) is 0 Å². The average molecular weight is 525 g/mol. The third-order valence-electron chi connectivity index (χ3n) is 5.56. The van der Waals surface area contributed by atoms with Crippen molar-refractivity contribution >= 4 is 22.8 Å². The van der Waals surface area contributed by atoms with E-state index < -0.39 is 23.3 Å². The normalized spacial score (nSPS) is 11.5. The van der Waals surface area contributed by atoms with E-state index in [0.717, 1.165) is 12.1 Å².